The van der Waals surface area contributed by atoms with Crippen LogP contribution in [0.2, 0.25) is 0 Å². The third kappa shape index (κ3) is 5.49. The number of rotatable bonds is 8. The predicted octanol–water partition coefficient (Wildman–Crippen LogP) is 6.62. The zero-order valence-corrected chi connectivity index (χ0v) is 22.5. The van der Waals surface area contributed by atoms with Gasteiger partial charge in [-0.1, -0.05) is 24.6 Å². The smallest absolute Gasteiger partial charge is 0.253 e. The lowest BCUT2D eigenvalue weighted by atomic mass is 9.70. The number of aryl methyl sites for hydroxylation is 2. The first-order chi connectivity index (χ1) is 18.0. The van der Waals surface area contributed by atoms with Gasteiger partial charge in [-0.2, -0.15) is 0 Å². The van der Waals surface area contributed by atoms with Gasteiger partial charge in [-0.15, -0.1) is 0 Å². The number of carbonyl (C=O) groups is 1. The fraction of sp³-hybridized carbons (Fsp3) is 0.379. The Kier molecular flexibility index (Phi) is 7.46. The molecule has 1 aliphatic heterocycles. The van der Waals surface area contributed by atoms with Crippen molar-refractivity contribution in [1.82, 2.24) is 20.0 Å². The first-order valence-corrected chi connectivity index (χ1v) is 13.7. The van der Waals surface area contributed by atoms with E-state index in [0.717, 1.165) is 83.8 Å². The Bertz CT molecular complexity index is 1350. The third-order valence-corrected chi connectivity index (χ3v) is 8.38. The molecule has 1 fully saturated rings. The number of fused-ring (bicyclic) bond motifs is 1. The summed E-state index contributed by atoms with van der Waals surface area (Å²) in [7, 11) is 0. The minimum atomic E-state index is 0.103. The van der Waals surface area contributed by atoms with Gasteiger partial charge in [-0.25, -0.2) is 0 Å². The molecule has 0 atom stereocenters. The largest absolute Gasteiger partial charge is 0.361 e. The van der Waals surface area contributed by atoms with Crippen molar-refractivity contribution in [2.45, 2.75) is 57.8 Å². The molecule has 8 heteroatoms. The molecule has 2 aromatic heterocycles. The summed E-state index contributed by atoms with van der Waals surface area (Å²) in [5.74, 6) is 1.03. The zero-order chi connectivity index (χ0) is 25.8. The fourth-order valence-corrected chi connectivity index (χ4v) is 6.15. The molecule has 2 aromatic carbocycles. The van der Waals surface area contributed by atoms with Crippen LogP contribution in [0.4, 0.5) is 5.69 Å². The number of amides is 1. The lowest BCUT2D eigenvalue weighted by molar-refractivity contribution is 0.0553. The van der Waals surface area contributed by atoms with Crippen molar-refractivity contribution in [2.75, 3.05) is 17.8 Å². The second kappa shape index (κ2) is 10.9. The minimum absolute atomic E-state index is 0.103. The van der Waals surface area contributed by atoms with E-state index in [4.69, 9.17) is 4.52 Å². The molecule has 0 aliphatic carbocycles. The third-order valence-electron chi connectivity index (χ3n) is 7.50. The number of para-hydroxylation sites is 1. The summed E-state index contributed by atoms with van der Waals surface area (Å²) in [6.45, 7) is 7.83. The minimum Gasteiger partial charge on any atom is -0.361 e. The van der Waals surface area contributed by atoms with E-state index in [9.17, 15) is 4.79 Å². The van der Waals surface area contributed by atoms with Crippen molar-refractivity contribution in [1.29, 1.82) is 0 Å². The first kappa shape index (κ1) is 25.3. The number of carbonyl (C=O) groups excluding carboxylic acids is 1. The summed E-state index contributed by atoms with van der Waals surface area (Å²) in [6.07, 6.45) is 8.67. The van der Waals surface area contributed by atoms with Crippen molar-refractivity contribution in [2.24, 2.45) is 5.41 Å². The van der Waals surface area contributed by atoms with Crippen molar-refractivity contribution in [3.63, 3.8) is 0 Å². The molecule has 192 valence electrons. The molecule has 3 heterocycles. The van der Waals surface area contributed by atoms with Gasteiger partial charge in [-0.3, -0.25) is 14.8 Å². The van der Waals surface area contributed by atoms with Crippen molar-refractivity contribution in [3.05, 3.63) is 77.4 Å². The number of hydrogen-bond acceptors (Lipinski definition) is 7. The molecule has 1 N–H and O–H groups in total. The average molecular weight is 516 g/mol. The molecule has 1 saturated heterocycles. The molecule has 0 unspecified atom stereocenters. The Morgan fingerprint density at radius 2 is 1.84 bits per heavy atom. The van der Waals surface area contributed by atoms with Crippen LogP contribution in [0.25, 0.3) is 11.0 Å². The van der Waals surface area contributed by atoms with Crippen LogP contribution < -0.4 is 4.72 Å². The molecule has 7 nitrogen and oxygen atoms in total. The highest BCUT2D eigenvalue weighted by molar-refractivity contribution is 8.00. The number of piperidine rings is 1. The highest BCUT2D eigenvalue weighted by Crippen LogP contribution is 2.41. The number of anilines is 1. The van der Waals surface area contributed by atoms with Crippen molar-refractivity contribution < 1.29 is 9.32 Å². The number of nitrogens with zero attached hydrogens (tertiary/aromatic N) is 4. The molecular formula is C29H33N5O2S. The fourth-order valence-electron chi connectivity index (χ4n) is 5.38. The number of hydrogen-bond donors (Lipinski definition) is 1. The van der Waals surface area contributed by atoms with Gasteiger partial charge in [0.05, 0.1) is 16.1 Å². The van der Waals surface area contributed by atoms with Gasteiger partial charge in [0.2, 0.25) is 0 Å². The molecule has 0 bridgehead atoms. The lowest BCUT2D eigenvalue weighted by Crippen LogP contribution is -2.44. The summed E-state index contributed by atoms with van der Waals surface area (Å²) >= 11 is 1.49. The van der Waals surface area contributed by atoms with Crippen LogP contribution in [0, 0.1) is 19.3 Å². The predicted molar refractivity (Wildman–Crippen MR) is 148 cm³/mol. The van der Waals surface area contributed by atoms with Gasteiger partial charge in [0.1, 0.15) is 11.3 Å². The van der Waals surface area contributed by atoms with E-state index in [2.05, 4.69) is 26.8 Å². The molecule has 1 amide bonds. The molecule has 1 aliphatic rings. The maximum absolute atomic E-state index is 13.3. The normalized spacial score (nSPS) is 15.2. The van der Waals surface area contributed by atoms with Crippen LogP contribution in [0.1, 0.15) is 60.0 Å². The molecule has 0 saturated carbocycles. The van der Waals surface area contributed by atoms with E-state index < -0.39 is 0 Å². The van der Waals surface area contributed by atoms with E-state index in [1.165, 1.54) is 17.5 Å². The van der Waals surface area contributed by atoms with Gasteiger partial charge in [0.25, 0.3) is 5.91 Å². The Morgan fingerprint density at radius 3 is 2.54 bits per heavy atom. The van der Waals surface area contributed by atoms with Gasteiger partial charge < -0.3 is 14.1 Å². The summed E-state index contributed by atoms with van der Waals surface area (Å²) in [4.78, 5) is 25.1. The highest BCUT2D eigenvalue weighted by atomic mass is 32.2. The summed E-state index contributed by atoms with van der Waals surface area (Å²) in [5.41, 5.74) is 5.82. The second-order valence-corrected chi connectivity index (χ2v) is 10.8. The molecule has 5 rings (SSSR count). The first-order valence-electron chi connectivity index (χ1n) is 12.9. The topological polar surface area (TPSA) is 84.2 Å². The summed E-state index contributed by atoms with van der Waals surface area (Å²) in [6, 6.07) is 13.7. The Labute approximate surface area is 222 Å². The van der Waals surface area contributed by atoms with Crippen LogP contribution in [0.15, 0.2) is 64.3 Å². The molecule has 37 heavy (non-hydrogen) atoms. The standard InChI is InChI=1S/C29H33N5O2S/c1-4-12-29(19-24-20(2)32-36-21(24)3)13-17-34(18-14-29)28(35)22-8-10-23(11-9-22)33-37-26-7-5-6-25-27(26)31-16-15-30-25/h5-11,15-16,33H,4,12-14,17-19H2,1-3H3. The van der Waals surface area contributed by atoms with Gasteiger partial charge in [-0.05, 0) is 93.3 Å². The maximum Gasteiger partial charge on any atom is 0.253 e. The highest BCUT2D eigenvalue weighted by Gasteiger charge is 2.37. The lowest BCUT2D eigenvalue weighted by Gasteiger charge is -2.42. The van der Waals surface area contributed by atoms with Crippen molar-refractivity contribution in [3.8, 4) is 0 Å². The summed E-state index contributed by atoms with van der Waals surface area (Å²) in [5, 5.41) is 4.15. The van der Waals surface area contributed by atoms with Gasteiger partial charge >= 0.3 is 0 Å². The number of likely N-dealkylation sites (tertiary alicyclic amines) is 1. The average Bonchev–Trinajstić information content (AvgIpc) is 3.24. The molecule has 4 aromatic rings. The van der Waals surface area contributed by atoms with Crippen LogP contribution in [0.5, 0.6) is 0 Å². The van der Waals surface area contributed by atoms with E-state index >= 15 is 0 Å². The number of aromatic nitrogens is 3. The van der Waals surface area contributed by atoms with Crippen LogP contribution in [0.3, 0.4) is 0 Å². The Morgan fingerprint density at radius 1 is 1.08 bits per heavy atom. The van der Waals surface area contributed by atoms with E-state index in [-0.39, 0.29) is 11.3 Å². The SMILES string of the molecule is CCCC1(Cc2c(C)noc2C)CCN(C(=O)c2ccc(NSc3cccc4nccnc34)cc2)CC1. The zero-order valence-electron chi connectivity index (χ0n) is 21.7. The molecule has 0 spiro atoms. The number of benzene rings is 2. The Balaban J connectivity index is 1.20. The maximum atomic E-state index is 13.3. The van der Waals surface area contributed by atoms with Crippen molar-refractivity contribution >= 4 is 34.6 Å². The van der Waals surface area contributed by atoms with Crippen LogP contribution in [-0.2, 0) is 6.42 Å². The monoisotopic (exact) mass is 515 g/mol. The van der Waals surface area contributed by atoms with Crippen LogP contribution >= 0.6 is 11.9 Å². The van der Waals surface area contributed by atoms with Crippen LogP contribution in [-0.4, -0.2) is 39.0 Å². The second-order valence-electron chi connectivity index (χ2n) is 9.98. The molecule has 0 radical (unpaired) electrons. The molecular weight excluding hydrogens is 482 g/mol. The van der Waals surface area contributed by atoms with E-state index in [0.29, 0.717) is 0 Å². The number of nitrogens with one attached hydrogen (secondary N) is 1. The quantitative estimate of drug-likeness (QED) is 0.264. The van der Waals surface area contributed by atoms with E-state index in [1.807, 2.05) is 61.2 Å². The van der Waals surface area contributed by atoms with E-state index in [1.54, 1.807) is 12.4 Å². The van der Waals surface area contributed by atoms with Gasteiger partial charge in [0, 0.05) is 42.3 Å². The summed E-state index contributed by atoms with van der Waals surface area (Å²) < 4.78 is 8.79. The van der Waals surface area contributed by atoms with Gasteiger partial charge in [0.15, 0.2) is 0 Å². The Hall–Kier alpha value is -3.39.